The van der Waals surface area contributed by atoms with E-state index in [1.165, 1.54) is 0 Å². The van der Waals surface area contributed by atoms with Gasteiger partial charge in [-0.05, 0) is 12.5 Å². The maximum Gasteiger partial charge on any atom is 0.308 e. The lowest BCUT2D eigenvalue weighted by atomic mass is 9.72. The minimum Gasteiger partial charge on any atom is -0.436 e. The maximum atomic E-state index is 11.3. The predicted molar refractivity (Wildman–Crippen MR) is 73.7 cm³/mol. The van der Waals surface area contributed by atoms with Crippen LogP contribution in [0.1, 0.15) is 24.5 Å². The Morgan fingerprint density at radius 3 is 2.40 bits per heavy atom. The largest absolute Gasteiger partial charge is 0.436 e. The fraction of sp³-hybridized carbons (Fsp3) is 0.429. The van der Waals surface area contributed by atoms with Gasteiger partial charge in [0.15, 0.2) is 0 Å². The van der Waals surface area contributed by atoms with Gasteiger partial charge in [-0.1, -0.05) is 36.8 Å². The molecule has 1 heterocycles. The average Bonchev–Trinajstić information content (AvgIpc) is 2.68. The zero-order valence-electron chi connectivity index (χ0n) is 11.2. The van der Waals surface area contributed by atoms with Gasteiger partial charge in [-0.2, -0.15) is 8.42 Å². The van der Waals surface area contributed by atoms with Crippen molar-refractivity contribution in [2.45, 2.75) is 32.0 Å². The Labute approximate surface area is 118 Å². The predicted octanol–water partition coefficient (Wildman–Crippen LogP) is 0.816. The van der Waals surface area contributed by atoms with Gasteiger partial charge >= 0.3 is 5.97 Å². The number of cyclic esters (lactones) is 1. The zero-order chi connectivity index (χ0) is 14.9. The normalized spacial score (nSPS) is 24.9. The first-order valence-electron chi connectivity index (χ1n) is 6.22. The van der Waals surface area contributed by atoms with E-state index in [1.807, 2.05) is 19.1 Å². The molecule has 0 amide bonds. The molecular weight excluding hydrogens is 280 g/mol. The number of aliphatic hydroxyl groups excluding tert-OH is 1. The van der Waals surface area contributed by atoms with E-state index in [-0.39, 0.29) is 6.42 Å². The van der Waals surface area contributed by atoms with Crippen LogP contribution in [0.25, 0.3) is 0 Å². The molecule has 1 N–H and O–H groups in total. The summed E-state index contributed by atoms with van der Waals surface area (Å²) in [4.78, 5) is 11.3. The molecule has 0 radical (unpaired) electrons. The van der Waals surface area contributed by atoms with E-state index in [2.05, 4.69) is 0 Å². The molecule has 6 heteroatoms. The van der Waals surface area contributed by atoms with Crippen LogP contribution in [-0.2, 0) is 25.2 Å². The summed E-state index contributed by atoms with van der Waals surface area (Å²) in [6.45, 7) is 3.61. The van der Waals surface area contributed by atoms with E-state index in [4.69, 9.17) is 4.74 Å². The lowest BCUT2D eigenvalue weighted by Gasteiger charge is -2.32. The van der Waals surface area contributed by atoms with Crippen LogP contribution in [-0.4, -0.2) is 31.2 Å². The quantitative estimate of drug-likeness (QED) is 0.659. The molecule has 3 atom stereocenters. The molecule has 1 aromatic carbocycles. The van der Waals surface area contributed by atoms with Gasteiger partial charge < -0.3 is 9.84 Å². The van der Waals surface area contributed by atoms with Crippen LogP contribution in [0.4, 0.5) is 0 Å². The summed E-state index contributed by atoms with van der Waals surface area (Å²) in [5.41, 5.74) is 0.764. The van der Waals surface area contributed by atoms with Gasteiger partial charge in [0.2, 0.25) is 16.6 Å². The highest BCUT2D eigenvalue weighted by Crippen LogP contribution is 2.39. The second-order valence-electron chi connectivity index (χ2n) is 5.22. The smallest absolute Gasteiger partial charge is 0.308 e. The summed E-state index contributed by atoms with van der Waals surface area (Å²) in [5.74, 6) is -1.15. The number of benzene rings is 1. The Morgan fingerprint density at radius 1 is 1.35 bits per heavy atom. The lowest BCUT2D eigenvalue weighted by Crippen LogP contribution is -2.39. The van der Waals surface area contributed by atoms with Crippen molar-refractivity contribution in [3.05, 3.63) is 35.4 Å². The van der Waals surface area contributed by atoms with Crippen molar-refractivity contribution in [1.29, 1.82) is 0 Å². The van der Waals surface area contributed by atoms with Gasteiger partial charge in [0.25, 0.3) is 0 Å². The van der Waals surface area contributed by atoms with Crippen LogP contribution in [0.5, 0.6) is 0 Å². The number of carbonyl (C=O) groups excluding carboxylic acids is 1. The summed E-state index contributed by atoms with van der Waals surface area (Å²) >= 11 is 0. The molecule has 0 spiro atoms. The van der Waals surface area contributed by atoms with Gasteiger partial charge in [0.05, 0.1) is 6.42 Å². The molecule has 1 aliphatic heterocycles. The Hall–Kier alpha value is -1.66. The SMILES string of the molecule is Cc1ccc(C(C)(C=S(=O)=O)C2CC(=O)OC2O)cc1. The first-order chi connectivity index (χ1) is 9.33. The minimum atomic E-state index is -2.42. The van der Waals surface area contributed by atoms with Crippen molar-refractivity contribution in [3.8, 4) is 0 Å². The molecular formula is C14H16O5S. The van der Waals surface area contributed by atoms with Crippen molar-refractivity contribution >= 4 is 21.6 Å². The summed E-state index contributed by atoms with van der Waals surface area (Å²) in [7, 11) is -2.42. The zero-order valence-corrected chi connectivity index (χ0v) is 12.1. The standard InChI is InChI=1S/C14H16O5S/c1-9-3-5-10(6-4-9)14(2,8-20(17)18)11-7-12(15)19-13(11)16/h3-6,8,11,13,16H,7H2,1-2H3. The number of esters is 1. The topological polar surface area (TPSA) is 80.7 Å². The highest BCUT2D eigenvalue weighted by atomic mass is 32.2. The van der Waals surface area contributed by atoms with Gasteiger partial charge in [-0.25, -0.2) is 0 Å². The third kappa shape index (κ3) is 2.76. The van der Waals surface area contributed by atoms with E-state index < -0.39 is 33.9 Å². The van der Waals surface area contributed by atoms with Crippen LogP contribution in [0.3, 0.4) is 0 Å². The average molecular weight is 296 g/mol. The third-order valence-electron chi connectivity index (χ3n) is 3.77. The van der Waals surface area contributed by atoms with Crippen molar-refractivity contribution in [2.24, 2.45) is 5.92 Å². The molecule has 3 unspecified atom stereocenters. The van der Waals surface area contributed by atoms with Crippen molar-refractivity contribution < 1.29 is 23.1 Å². The van der Waals surface area contributed by atoms with Crippen molar-refractivity contribution in [1.82, 2.24) is 0 Å². The number of hydrogen-bond acceptors (Lipinski definition) is 5. The molecule has 0 saturated carbocycles. The highest BCUT2D eigenvalue weighted by Gasteiger charge is 2.46. The molecule has 20 heavy (non-hydrogen) atoms. The number of carbonyl (C=O) groups is 1. The molecule has 1 aromatic rings. The summed E-state index contributed by atoms with van der Waals surface area (Å²) < 4.78 is 27.0. The molecule has 0 aromatic heterocycles. The minimum absolute atomic E-state index is 0.0146. The van der Waals surface area contributed by atoms with Gasteiger partial charge in [-0.3, -0.25) is 4.79 Å². The first kappa shape index (κ1) is 14.7. The third-order valence-corrected chi connectivity index (χ3v) is 4.45. The van der Waals surface area contributed by atoms with E-state index in [0.29, 0.717) is 0 Å². The van der Waals surface area contributed by atoms with Gasteiger partial charge in [-0.15, -0.1) is 0 Å². The van der Waals surface area contributed by atoms with Crippen LogP contribution < -0.4 is 0 Å². The highest BCUT2D eigenvalue weighted by molar-refractivity contribution is 7.71. The molecule has 1 saturated heterocycles. The van der Waals surface area contributed by atoms with Crippen molar-refractivity contribution in [2.75, 3.05) is 0 Å². The van der Waals surface area contributed by atoms with Crippen molar-refractivity contribution in [3.63, 3.8) is 0 Å². The number of rotatable bonds is 3. The molecule has 1 fully saturated rings. The van der Waals surface area contributed by atoms with Crippen LogP contribution >= 0.6 is 0 Å². The molecule has 1 aliphatic rings. The Morgan fingerprint density at radius 2 is 1.95 bits per heavy atom. The number of aryl methyl sites for hydroxylation is 1. The van der Waals surface area contributed by atoms with E-state index in [9.17, 15) is 18.3 Å². The summed E-state index contributed by atoms with van der Waals surface area (Å²) in [6, 6.07) is 7.32. The Balaban J connectivity index is 2.54. The fourth-order valence-corrected chi connectivity index (χ4v) is 3.25. The number of aliphatic hydroxyl groups is 1. The monoisotopic (exact) mass is 296 g/mol. The summed E-state index contributed by atoms with van der Waals surface area (Å²) in [6.07, 6.45) is -1.31. The molecule has 0 aliphatic carbocycles. The van der Waals surface area contributed by atoms with Crippen LogP contribution in [0.2, 0.25) is 0 Å². The Kier molecular flexibility index (Phi) is 3.96. The lowest BCUT2D eigenvalue weighted by molar-refractivity contribution is -0.156. The first-order valence-corrected chi connectivity index (χ1v) is 7.35. The second-order valence-corrected chi connectivity index (χ2v) is 5.97. The van der Waals surface area contributed by atoms with Crippen LogP contribution in [0.15, 0.2) is 24.3 Å². The molecule has 5 nitrogen and oxygen atoms in total. The maximum absolute atomic E-state index is 11.3. The Bertz CT molecular complexity index is 639. The molecule has 108 valence electrons. The van der Waals surface area contributed by atoms with E-state index in [0.717, 1.165) is 16.5 Å². The summed E-state index contributed by atoms with van der Waals surface area (Å²) in [5, 5.41) is 11.0. The number of ether oxygens (including phenoxy) is 1. The molecule has 0 bridgehead atoms. The second kappa shape index (κ2) is 5.38. The van der Waals surface area contributed by atoms with Crippen LogP contribution in [0, 0.1) is 12.8 Å². The van der Waals surface area contributed by atoms with E-state index in [1.54, 1.807) is 19.1 Å². The molecule has 2 rings (SSSR count). The fourth-order valence-electron chi connectivity index (χ4n) is 2.54. The van der Waals surface area contributed by atoms with E-state index >= 15 is 0 Å². The van der Waals surface area contributed by atoms with Gasteiger partial charge in [0.1, 0.15) is 0 Å². The van der Waals surface area contributed by atoms with Gasteiger partial charge in [0, 0.05) is 16.7 Å². The number of hydrogen-bond donors (Lipinski definition) is 1.